The summed E-state index contributed by atoms with van der Waals surface area (Å²) in [7, 11) is 0. The number of amides is 1. The molecule has 1 aromatic rings. The van der Waals surface area contributed by atoms with Crippen molar-refractivity contribution in [2.75, 3.05) is 25.0 Å². The van der Waals surface area contributed by atoms with Gasteiger partial charge in [0.15, 0.2) is 0 Å². The molecule has 0 bridgehead atoms. The molecule has 0 fully saturated rings. The molecule has 1 heterocycles. The third-order valence-electron chi connectivity index (χ3n) is 3.99. The number of nitrogens with one attached hydrogen (secondary N) is 1. The van der Waals surface area contributed by atoms with E-state index in [1.165, 1.54) is 5.56 Å². The lowest BCUT2D eigenvalue weighted by Gasteiger charge is -2.21. The predicted molar refractivity (Wildman–Crippen MR) is 86.1 cm³/mol. The first-order chi connectivity index (χ1) is 10.6. The zero-order valence-electron chi connectivity index (χ0n) is 13.1. The number of carboxylic acid groups (broad SMARTS) is 1. The van der Waals surface area contributed by atoms with Gasteiger partial charge in [0.05, 0.1) is 6.42 Å². The van der Waals surface area contributed by atoms with Crippen LogP contribution in [0, 0.1) is 0 Å². The van der Waals surface area contributed by atoms with Gasteiger partial charge in [0.25, 0.3) is 0 Å². The molecule has 22 heavy (non-hydrogen) atoms. The van der Waals surface area contributed by atoms with Crippen molar-refractivity contribution >= 4 is 17.6 Å². The highest BCUT2D eigenvalue weighted by Gasteiger charge is 2.20. The molecule has 5 heteroatoms. The lowest BCUT2D eigenvalue weighted by molar-refractivity contribution is -0.137. The van der Waals surface area contributed by atoms with Crippen LogP contribution in [0.3, 0.4) is 0 Å². The second-order valence-electron chi connectivity index (χ2n) is 5.76. The van der Waals surface area contributed by atoms with E-state index in [0.717, 1.165) is 43.7 Å². The summed E-state index contributed by atoms with van der Waals surface area (Å²) in [6.07, 6.45) is 3.32. The Balaban J connectivity index is 1.91. The van der Waals surface area contributed by atoms with Gasteiger partial charge in [0.2, 0.25) is 5.91 Å². The number of fused-ring (bicyclic) bond motifs is 1. The van der Waals surface area contributed by atoms with Crippen molar-refractivity contribution in [2.45, 2.75) is 39.0 Å². The highest BCUT2D eigenvalue weighted by Crippen LogP contribution is 2.26. The molecule has 0 spiro atoms. The Bertz CT molecular complexity index is 543. The van der Waals surface area contributed by atoms with Crippen LogP contribution in [0.1, 0.15) is 37.3 Å². The van der Waals surface area contributed by atoms with Crippen LogP contribution in [0.15, 0.2) is 18.2 Å². The second kappa shape index (κ2) is 7.94. The van der Waals surface area contributed by atoms with Crippen molar-refractivity contribution in [3.8, 4) is 0 Å². The van der Waals surface area contributed by atoms with E-state index in [2.05, 4.69) is 23.2 Å². The van der Waals surface area contributed by atoms with Gasteiger partial charge in [0, 0.05) is 18.7 Å². The zero-order chi connectivity index (χ0) is 15.9. The molecule has 5 nitrogen and oxygen atoms in total. The molecule has 0 aliphatic carbocycles. The first-order valence-corrected chi connectivity index (χ1v) is 7.95. The van der Waals surface area contributed by atoms with Gasteiger partial charge in [-0.25, -0.2) is 0 Å². The van der Waals surface area contributed by atoms with Crippen LogP contribution in [0.4, 0.5) is 5.69 Å². The fourth-order valence-corrected chi connectivity index (χ4v) is 2.93. The Morgan fingerprint density at radius 3 is 2.86 bits per heavy atom. The van der Waals surface area contributed by atoms with E-state index in [-0.39, 0.29) is 12.3 Å². The van der Waals surface area contributed by atoms with Crippen molar-refractivity contribution in [3.63, 3.8) is 0 Å². The van der Waals surface area contributed by atoms with Crippen molar-refractivity contribution in [2.24, 2.45) is 0 Å². The fourth-order valence-electron chi connectivity index (χ4n) is 2.93. The van der Waals surface area contributed by atoms with Crippen LogP contribution in [0.2, 0.25) is 0 Å². The number of anilines is 1. The summed E-state index contributed by atoms with van der Waals surface area (Å²) in [5, 5.41) is 11.6. The van der Waals surface area contributed by atoms with Crippen LogP contribution in [-0.2, 0) is 22.4 Å². The minimum absolute atomic E-state index is 0.0642. The number of hydrogen-bond acceptors (Lipinski definition) is 3. The number of hydrogen-bond donors (Lipinski definition) is 2. The number of rotatable bonds is 9. The normalized spacial score (nSPS) is 13.3. The lowest BCUT2D eigenvalue weighted by Crippen LogP contribution is -2.28. The molecular weight excluding hydrogens is 280 g/mol. The molecule has 0 radical (unpaired) electrons. The minimum atomic E-state index is -0.734. The van der Waals surface area contributed by atoms with Gasteiger partial charge in [-0.2, -0.15) is 0 Å². The summed E-state index contributed by atoms with van der Waals surface area (Å²) in [5.74, 6) is -0.670. The van der Waals surface area contributed by atoms with Crippen LogP contribution in [0.5, 0.6) is 0 Å². The summed E-state index contributed by atoms with van der Waals surface area (Å²) in [5.41, 5.74) is 3.28. The molecule has 0 unspecified atom stereocenters. The van der Waals surface area contributed by atoms with E-state index >= 15 is 0 Å². The topological polar surface area (TPSA) is 69.6 Å². The van der Waals surface area contributed by atoms with E-state index < -0.39 is 5.97 Å². The summed E-state index contributed by atoms with van der Waals surface area (Å²) in [6.45, 7) is 4.82. The monoisotopic (exact) mass is 304 g/mol. The van der Waals surface area contributed by atoms with Crippen LogP contribution < -0.4 is 5.32 Å². The summed E-state index contributed by atoms with van der Waals surface area (Å²) in [6, 6.07) is 6.01. The lowest BCUT2D eigenvalue weighted by atomic mass is 10.0. The van der Waals surface area contributed by atoms with Crippen molar-refractivity contribution < 1.29 is 14.7 Å². The molecule has 1 amide bonds. The van der Waals surface area contributed by atoms with Gasteiger partial charge in [-0.1, -0.05) is 19.1 Å². The number of nitrogens with zero attached hydrogens (tertiary/aromatic N) is 1. The molecule has 2 N–H and O–H groups in total. The molecule has 2 rings (SSSR count). The predicted octanol–water partition coefficient (Wildman–Crippen LogP) is 2.30. The van der Waals surface area contributed by atoms with E-state index in [0.29, 0.717) is 12.8 Å². The van der Waals surface area contributed by atoms with Crippen molar-refractivity contribution in [1.29, 1.82) is 0 Å². The van der Waals surface area contributed by atoms with Crippen molar-refractivity contribution in [1.82, 2.24) is 4.90 Å². The number of aliphatic carboxylic acids is 1. The van der Waals surface area contributed by atoms with E-state index in [4.69, 9.17) is 5.11 Å². The number of carboxylic acids is 1. The van der Waals surface area contributed by atoms with Crippen LogP contribution in [-0.4, -0.2) is 41.5 Å². The summed E-state index contributed by atoms with van der Waals surface area (Å²) >= 11 is 0. The summed E-state index contributed by atoms with van der Waals surface area (Å²) in [4.78, 5) is 24.5. The molecule has 0 atom stereocenters. The van der Waals surface area contributed by atoms with Gasteiger partial charge >= 0.3 is 5.97 Å². The van der Waals surface area contributed by atoms with Gasteiger partial charge in [-0.05, 0) is 49.5 Å². The molecule has 120 valence electrons. The Hall–Kier alpha value is -1.88. The van der Waals surface area contributed by atoms with Gasteiger partial charge < -0.3 is 15.3 Å². The number of carbonyl (C=O) groups is 2. The third kappa shape index (κ3) is 4.56. The standard InChI is InChI=1S/C17H24N2O3/c1-2-9-19(10-4-7-17(21)22)11-8-13-5-3-6-15-14(13)12-16(20)18-15/h3,5-6H,2,4,7-12H2,1H3,(H,18,20)(H,21,22). The Kier molecular flexibility index (Phi) is 5.95. The second-order valence-corrected chi connectivity index (χ2v) is 5.76. The smallest absolute Gasteiger partial charge is 0.303 e. The number of carbonyl (C=O) groups excluding carboxylic acids is 1. The van der Waals surface area contributed by atoms with Gasteiger partial charge in [0.1, 0.15) is 0 Å². The molecule has 0 saturated heterocycles. The first kappa shape index (κ1) is 16.5. The summed E-state index contributed by atoms with van der Waals surface area (Å²) < 4.78 is 0. The Morgan fingerprint density at radius 2 is 2.14 bits per heavy atom. The van der Waals surface area contributed by atoms with E-state index in [1.807, 2.05) is 12.1 Å². The van der Waals surface area contributed by atoms with E-state index in [9.17, 15) is 9.59 Å². The van der Waals surface area contributed by atoms with Gasteiger partial charge in [-0.15, -0.1) is 0 Å². The molecule has 0 saturated carbocycles. The maximum Gasteiger partial charge on any atom is 0.303 e. The quantitative estimate of drug-likeness (QED) is 0.734. The molecular formula is C17H24N2O3. The zero-order valence-corrected chi connectivity index (χ0v) is 13.1. The highest BCUT2D eigenvalue weighted by molar-refractivity contribution is 5.99. The SMILES string of the molecule is CCCN(CCCC(=O)O)CCc1cccc2c1CC(=O)N2. The average Bonchev–Trinajstić information content (AvgIpc) is 2.85. The maximum absolute atomic E-state index is 11.5. The Labute approximate surface area is 131 Å². The minimum Gasteiger partial charge on any atom is -0.481 e. The fraction of sp³-hybridized carbons (Fsp3) is 0.529. The van der Waals surface area contributed by atoms with Gasteiger partial charge in [-0.3, -0.25) is 9.59 Å². The Morgan fingerprint density at radius 1 is 1.32 bits per heavy atom. The van der Waals surface area contributed by atoms with E-state index in [1.54, 1.807) is 0 Å². The molecule has 0 aromatic heterocycles. The third-order valence-corrected chi connectivity index (χ3v) is 3.99. The van der Waals surface area contributed by atoms with Crippen molar-refractivity contribution in [3.05, 3.63) is 29.3 Å². The van der Waals surface area contributed by atoms with Crippen LogP contribution >= 0.6 is 0 Å². The highest BCUT2D eigenvalue weighted by atomic mass is 16.4. The molecule has 1 aliphatic heterocycles. The maximum atomic E-state index is 11.5. The number of benzene rings is 1. The molecule has 1 aromatic carbocycles. The van der Waals surface area contributed by atoms with Crippen LogP contribution in [0.25, 0.3) is 0 Å². The average molecular weight is 304 g/mol. The molecule has 1 aliphatic rings. The first-order valence-electron chi connectivity index (χ1n) is 7.95. The largest absolute Gasteiger partial charge is 0.481 e.